The van der Waals surface area contributed by atoms with E-state index in [2.05, 4.69) is 20.6 Å². The number of ether oxygens (including phenoxy) is 2. The molecule has 1 aromatic heterocycles. The van der Waals surface area contributed by atoms with Gasteiger partial charge in [-0.3, -0.25) is 10.1 Å². The first-order valence-electron chi connectivity index (χ1n) is 9.17. The van der Waals surface area contributed by atoms with Crippen LogP contribution in [0.4, 0.5) is 10.5 Å². The zero-order valence-corrected chi connectivity index (χ0v) is 17.0. The Morgan fingerprint density at radius 3 is 2.59 bits per heavy atom. The van der Waals surface area contributed by atoms with Crippen LogP contribution in [0.2, 0.25) is 0 Å². The Balaban J connectivity index is 1.53. The van der Waals surface area contributed by atoms with Crippen LogP contribution in [0, 0.1) is 0 Å². The van der Waals surface area contributed by atoms with E-state index in [0.717, 1.165) is 11.0 Å². The molecule has 0 unspecified atom stereocenters. The number of rotatable bonds is 8. The number of nitrogens with one attached hydrogen (secondary N) is 3. The van der Waals surface area contributed by atoms with Gasteiger partial charge in [0.15, 0.2) is 16.7 Å². The summed E-state index contributed by atoms with van der Waals surface area (Å²) in [7, 11) is 0. The molecule has 3 amide bonds. The lowest BCUT2D eigenvalue weighted by molar-refractivity contribution is -0.117. The molecule has 0 radical (unpaired) electrons. The number of carbonyl (C=O) groups excluding carboxylic acids is 2. The minimum atomic E-state index is -0.619. The quantitative estimate of drug-likeness (QED) is 0.484. The predicted octanol–water partition coefficient (Wildman–Crippen LogP) is 3.80. The van der Waals surface area contributed by atoms with E-state index in [9.17, 15) is 9.59 Å². The molecule has 0 atom stereocenters. The molecule has 0 aliphatic rings. The van der Waals surface area contributed by atoms with Crippen LogP contribution in [0.25, 0.3) is 11.0 Å². The monoisotopic (exact) mass is 414 g/mol. The van der Waals surface area contributed by atoms with E-state index < -0.39 is 11.9 Å². The number of thioether (sulfide) groups is 1. The summed E-state index contributed by atoms with van der Waals surface area (Å²) >= 11 is 1.22. The van der Waals surface area contributed by atoms with Gasteiger partial charge in [0.2, 0.25) is 5.91 Å². The first kappa shape index (κ1) is 20.5. The van der Waals surface area contributed by atoms with Crippen LogP contribution in [-0.4, -0.2) is 40.9 Å². The second-order valence-corrected chi connectivity index (χ2v) is 6.84. The van der Waals surface area contributed by atoms with Crippen molar-refractivity contribution in [1.29, 1.82) is 0 Å². The van der Waals surface area contributed by atoms with Gasteiger partial charge in [0.25, 0.3) is 0 Å². The first-order chi connectivity index (χ1) is 14.1. The summed E-state index contributed by atoms with van der Waals surface area (Å²) in [6.45, 7) is 4.71. The standard InChI is InChI=1S/C20H22N4O4S/c1-3-27-16-10-9-13(11-17(16)28-4-2)21-19(26)24-18(25)12-29-20-22-14-7-5-6-8-15(14)23-20/h5-11H,3-4,12H2,1-2H3,(H,22,23)(H2,21,24,25,26). The summed E-state index contributed by atoms with van der Waals surface area (Å²) in [6.07, 6.45) is 0. The van der Waals surface area contributed by atoms with E-state index >= 15 is 0 Å². The molecular formula is C20H22N4O4S. The maximum atomic E-state index is 12.1. The van der Waals surface area contributed by atoms with Crippen molar-refractivity contribution in [3.05, 3.63) is 42.5 Å². The highest BCUT2D eigenvalue weighted by molar-refractivity contribution is 7.99. The highest BCUT2D eigenvalue weighted by Crippen LogP contribution is 2.30. The third-order valence-electron chi connectivity index (χ3n) is 3.76. The summed E-state index contributed by atoms with van der Waals surface area (Å²) < 4.78 is 11.0. The number of hydrogen-bond donors (Lipinski definition) is 3. The van der Waals surface area contributed by atoms with Gasteiger partial charge in [0, 0.05) is 11.8 Å². The van der Waals surface area contributed by atoms with E-state index in [1.54, 1.807) is 18.2 Å². The maximum Gasteiger partial charge on any atom is 0.325 e. The molecule has 9 heteroatoms. The van der Waals surface area contributed by atoms with Crippen LogP contribution in [0.15, 0.2) is 47.6 Å². The van der Waals surface area contributed by atoms with Gasteiger partial charge in [-0.05, 0) is 38.1 Å². The third kappa shape index (κ3) is 5.64. The number of para-hydroxylation sites is 2. The Bertz CT molecular complexity index is 972. The lowest BCUT2D eigenvalue weighted by Gasteiger charge is -2.13. The average molecular weight is 414 g/mol. The van der Waals surface area contributed by atoms with Crippen molar-refractivity contribution in [3.8, 4) is 11.5 Å². The molecule has 0 saturated heterocycles. The normalized spacial score (nSPS) is 10.6. The number of anilines is 1. The molecule has 0 bridgehead atoms. The molecule has 29 heavy (non-hydrogen) atoms. The molecule has 3 aromatic rings. The molecule has 0 saturated carbocycles. The minimum absolute atomic E-state index is 0.0563. The number of benzene rings is 2. The van der Waals surface area contributed by atoms with E-state index in [0.29, 0.717) is 35.6 Å². The molecule has 152 valence electrons. The highest BCUT2D eigenvalue weighted by atomic mass is 32.2. The number of amides is 3. The van der Waals surface area contributed by atoms with Crippen molar-refractivity contribution in [3.63, 3.8) is 0 Å². The summed E-state index contributed by atoms with van der Waals surface area (Å²) in [6, 6.07) is 12.0. The summed E-state index contributed by atoms with van der Waals surface area (Å²) in [5.41, 5.74) is 2.22. The van der Waals surface area contributed by atoms with Gasteiger partial charge in [-0.25, -0.2) is 9.78 Å². The molecule has 0 spiro atoms. The van der Waals surface area contributed by atoms with E-state index in [1.807, 2.05) is 38.1 Å². The van der Waals surface area contributed by atoms with Crippen LogP contribution in [0.5, 0.6) is 11.5 Å². The van der Waals surface area contributed by atoms with Crippen molar-refractivity contribution < 1.29 is 19.1 Å². The Morgan fingerprint density at radius 2 is 1.83 bits per heavy atom. The van der Waals surface area contributed by atoms with Crippen molar-refractivity contribution in [1.82, 2.24) is 15.3 Å². The molecular weight excluding hydrogens is 392 g/mol. The van der Waals surface area contributed by atoms with Gasteiger partial charge < -0.3 is 19.8 Å². The van der Waals surface area contributed by atoms with Crippen molar-refractivity contribution in [2.45, 2.75) is 19.0 Å². The molecule has 3 rings (SSSR count). The van der Waals surface area contributed by atoms with E-state index in [4.69, 9.17) is 9.47 Å². The van der Waals surface area contributed by atoms with Crippen LogP contribution >= 0.6 is 11.8 Å². The van der Waals surface area contributed by atoms with Gasteiger partial charge in [0.05, 0.1) is 30.0 Å². The Kier molecular flexibility index (Phi) is 6.96. The minimum Gasteiger partial charge on any atom is -0.490 e. The molecule has 8 nitrogen and oxygen atoms in total. The topological polar surface area (TPSA) is 105 Å². The van der Waals surface area contributed by atoms with Gasteiger partial charge in [0.1, 0.15) is 0 Å². The molecule has 0 aliphatic carbocycles. The largest absolute Gasteiger partial charge is 0.490 e. The third-order valence-corrected chi connectivity index (χ3v) is 4.64. The number of aromatic nitrogens is 2. The van der Waals surface area contributed by atoms with Crippen LogP contribution in [-0.2, 0) is 4.79 Å². The molecule has 3 N–H and O–H groups in total. The number of imide groups is 1. The highest BCUT2D eigenvalue weighted by Gasteiger charge is 2.12. The number of imidazole rings is 1. The fraction of sp³-hybridized carbons (Fsp3) is 0.250. The molecule has 1 heterocycles. The zero-order valence-electron chi connectivity index (χ0n) is 16.2. The molecule has 2 aromatic carbocycles. The first-order valence-corrected chi connectivity index (χ1v) is 10.2. The van der Waals surface area contributed by atoms with Gasteiger partial charge in [-0.15, -0.1) is 0 Å². The number of carbonyl (C=O) groups is 2. The summed E-state index contributed by atoms with van der Waals surface area (Å²) in [5, 5.41) is 5.54. The second kappa shape index (κ2) is 9.83. The SMILES string of the molecule is CCOc1ccc(NC(=O)NC(=O)CSc2nc3ccccc3[nH]2)cc1OCC. The number of urea groups is 1. The van der Waals surface area contributed by atoms with Crippen LogP contribution in [0.1, 0.15) is 13.8 Å². The smallest absolute Gasteiger partial charge is 0.325 e. The van der Waals surface area contributed by atoms with Crippen molar-refractivity contribution in [2.75, 3.05) is 24.3 Å². The summed E-state index contributed by atoms with van der Waals surface area (Å²) in [5.74, 6) is 0.752. The fourth-order valence-electron chi connectivity index (χ4n) is 2.59. The lowest BCUT2D eigenvalue weighted by atomic mass is 10.2. The Hall–Kier alpha value is -3.20. The van der Waals surface area contributed by atoms with Crippen molar-refractivity contribution >= 4 is 40.4 Å². The maximum absolute atomic E-state index is 12.1. The van der Waals surface area contributed by atoms with Crippen molar-refractivity contribution in [2.24, 2.45) is 0 Å². The fourth-order valence-corrected chi connectivity index (χ4v) is 3.27. The number of H-pyrrole nitrogens is 1. The Labute approximate surface area is 172 Å². The van der Waals surface area contributed by atoms with E-state index in [-0.39, 0.29) is 5.75 Å². The summed E-state index contributed by atoms with van der Waals surface area (Å²) in [4.78, 5) is 31.7. The lowest BCUT2D eigenvalue weighted by Crippen LogP contribution is -2.35. The number of hydrogen-bond acceptors (Lipinski definition) is 6. The number of fused-ring (bicyclic) bond motifs is 1. The molecule has 0 aliphatic heterocycles. The molecule has 0 fully saturated rings. The average Bonchev–Trinajstić information content (AvgIpc) is 3.12. The second-order valence-electron chi connectivity index (χ2n) is 5.88. The van der Waals surface area contributed by atoms with Gasteiger partial charge in [-0.2, -0.15) is 0 Å². The predicted molar refractivity (Wildman–Crippen MR) is 113 cm³/mol. The van der Waals surface area contributed by atoms with Gasteiger partial charge in [-0.1, -0.05) is 23.9 Å². The number of nitrogens with zero attached hydrogens (tertiary/aromatic N) is 1. The number of aromatic amines is 1. The van der Waals surface area contributed by atoms with Crippen LogP contribution < -0.4 is 20.1 Å². The Morgan fingerprint density at radius 1 is 1.07 bits per heavy atom. The van der Waals surface area contributed by atoms with Crippen LogP contribution in [0.3, 0.4) is 0 Å². The zero-order chi connectivity index (χ0) is 20.6. The van der Waals surface area contributed by atoms with E-state index in [1.165, 1.54) is 11.8 Å². The van der Waals surface area contributed by atoms with Gasteiger partial charge >= 0.3 is 6.03 Å².